The van der Waals surface area contributed by atoms with E-state index in [0.29, 0.717) is 53.8 Å². The van der Waals surface area contributed by atoms with Crippen molar-refractivity contribution in [2.75, 3.05) is 30.0 Å². The smallest absolute Gasteiger partial charge is 0.416 e. The number of ether oxygens (including phenoxy) is 2. The lowest BCUT2D eigenvalue weighted by molar-refractivity contribution is -0.143. The van der Waals surface area contributed by atoms with Gasteiger partial charge in [0.25, 0.3) is 11.8 Å². The number of nitrogens with one attached hydrogen (secondary N) is 1. The fourth-order valence-corrected chi connectivity index (χ4v) is 4.03. The lowest BCUT2D eigenvalue weighted by atomic mass is 10.0. The van der Waals surface area contributed by atoms with Gasteiger partial charge in [0.15, 0.2) is 6.61 Å². The van der Waals surface area contributed by atoms with E-state index in [-0.39, 0.29) is 30.8 Å². The quantitative estimate of drug-likeness (QED) is 0.224. The molecule has 1 N–H and O–H groups in total. The number of halogens is 7. The standard InChI is InChI=1S/C27H21ClF6N2O4/c28-19-3-6-21(7-4-19)39-10-2-1-9-36-22-14-20(5-8-23(22)40-15-24(36)37)35-25(38)16-11-17(26(29,30)31)13-18(12-16)27(32,33)34/h3-8,11-14H,1-2,9-10,15H2,(H,35,38). The molecular formula is C27H21ClF6N2O4. The second kappa shape index (κ2) is 11.7. The molecule has 0 spiro atoms. The Balaban J connectivity index is 1.46. The average molecular weight is 587 g/mol. The highest BCUT2D eigenvalue weighted by Crippen LogP contribution is 2.37. The Kier molecular flexibility index (Phi) is 8.48. The van der Waals surface area contributed by atoms with Crippen molar-refractivity contribution in [2.24, 2.45) is 0 Å². The van der Waals surface area contributed by atoms with E-state index in [1.54, 1.807) is 24.3 Å². The van der Waals surface area contributed by atoms with Crippen LogP contribution >= 0.6 is 11.6 Å². The Bertz CT molecular complexity index is 1360. The third-order valence-corrected chi connectivity index (χ3v) is 6.12. The van der Waals surface area contributed by atoms with E-state index in [2.05, 4.69) is 5.32 Å². The fourth-order valence-electron chi connectivity index (χ4n) is 3.91. The molecule has 13 heteroatoms. The molecule has 0 unspecified atom stereocenters. The highest BCUT2D eigenvalue weighted by atomic mass is 35.5. The van der Waals surface area contributed by atoms with Crippen molar-refractivity contribution in [1.29, 1.82) is 0 Å². The molecule has 1 aliphatic rings. The molecule has 0 saturated carbocycles. The van der Waals surface area contributed by atoms with Gasteiger partial charge in [-0.15, -0.1) is 0 Å². The summed E-state index contributed by atoms with van der Waals surface area (Å²) in [4.78, 5) is 26.7. The first-order valence-corrected chi connectivity index (χ1v) is 12.3. The number of fused-ring (bicyclic) bond motifs is 1. The molecule has 3 aromatic carbocycles. The average Bonchev–Trinajstić information content (AvgIpc) is 2.89. The van der Waals surface area contributed by atoms with Crippen molar-refractivity contribution in [1.82, 2.24) is 0 Å². The summed E-state index contributed by atoms with van der Waals surface area (Å²) in [6, 6.07) is 11.6. The zero-order chi connectivity index (χ0) is 29.1. The first-order chi connectivity index (χ1) is 18.8. The van der Waals surface area contributed by atoms with Crippen LogP contribution in [0, 0.1) is 0 Å². The first kappa shape index (κ1) is 29.1. The van der Waals surface area contributed by atoms with Crippen molar-refractivity contribution in [2.45, 2.75) is 25.2 Å². The Morgan fingerprint density at radius 1 is 0.925 bits per heavy atom. The summed E-state index contributed by atoms with van der Waals surface area (Å²) in [6.45, 7) is 0.434. The van der Waals surface area contributed by atoms with Gasteiger partial charge in [-0.3, -0.25) is 9.59 Å². The predicted octanol–water partition coefficient (Wildman–Crippen LogP) is 7.21. The molecule has 1 heterocycles. The van der Waals surface area contributed by atoms with Gasteiger partial charge >= 0.3 is 12.4 Å². The molecule has 0 saturated heterocycles. The van der Waals surface area contributed by atoms with Crippen molar-refractivity contribution >= 4 is 34.8 Å². The van der Waals surface area contributed by atoms with Crippen LogP contribution in [0.4, 0.5) is 37.7 Å². The highest BCUT2D eigenvalue weighted by Gasteiger charge is 2.37. The molecule has 0 atom stereocenters. The highest BCUT2D eigenvalue weighted by molar-refractivity contribution is 6.30. The lowest BCUT2D eigenvalue weighted by Gasteiger charge is -2.30. The zero-order valence-electron chi connectivity index (χ0n) is 20.5. The number of amides is 2. The van der Waals surface area contributed by atoms with E-state index >= 15 is 0 Å². The third kappa shape index (κ3) is 7.17. The maximum atomic E-state index is 13.2. The topological polar surface area (TPSA) is 67.9 Å². The molecule has 0 aliphatic carbocycles. The van der Waals surface area contributed by atoms with Crippen LogP contribution in [0.5, 0.6) is 11.5 Å². The van der Waals surface area contributed by atoms with Gasteiger partial charge in [-0.1, -0.05) is 11.6 Å². The molecule has 6 nitrogen and oxygen atoms in total. The van der Waals surface area contributed by atoms with Crippen LogP contribution in [-0.4, -0.2) is 31.6 Å². The van der Waals surface area contributed by atoms with E-state index in [1.807, 2.05) is 0 Å². The molecule has 2 amide bonds. The second-order valence-electron chi connectivity index (χ2n) is 8.77. The number of benzene rings is 3. The Morgan fingerprint density at radius 2 is 1.57 bits per heavy atom. The number of nitrogens with zero attached hydrogens (tertiary/aromatic N) is 1. The summed E-state index contributed by atoms with van der Waals surface area (Å²) >= 11 is 5.84. The maximum Gasteiger partial charge on any atom is 0.416 e. The zero-order valence-corrected chi connectivity index (χ0v) is 21.3. The number of unbranched alkanes of at least 4 members (excludes halogenated alkanes) is 1. The SMILES string of the molecule is O=C(Nc1ccc2c(c1)N(CCCCOc1ccc(Cl)cc1)C(=O)CO2)c1cc(C(F)(F)F)cc(C(F)(F)F)c1. The summed E-state index contributed by atoms with van der Waals surface area (Å²) in [5.74, 6) is -0.582. The molecule has 3 aromatic rings. The molecule has 0 bridgehead atoms. The van der Waals surface area contributed by atoms with Crippen molar-refractivity contribution in [3.63, 3.8) is 0 Å². The number of rotatable bonds is 8. The number of hydrogen-bond donors (Lipinski definition) is 1. The third-order valence-electron chi connectivity index (χ3n) is 5.87. The van der Waals surface area contributed by atoms with Crippen LogP contribution in [0.3, 0.4) is 0 Å². The number of carbonyl (C=O) groups is 2. The van der Waals surface area contributed by atoms with Gasteiger partial charge in [-0.25, -0.2) is 0 Å². The normalized spacial score (nSPS) is 13.5. The van der Waals surface area contributed by atoms with Gasteiger partial charge in [0, 0.05) is 22.8 Å². The second-order valence-corrected chi connectivity index (χ2v) is 9.21. The summed E-state index contributed by atoms with van der Waals surface area (Å²) in [5, 5.41) is 2.88. The van der Waals surface area contributed by atoms with Crippen LogP contribution in [0.15, 0.2) is 60.7 Å². The summed E-state index contributed by atoms with van der Waals surface area (Å²) in [5.41, 5.74) is -3.70. The van der Waals surface area contributed by atoms with Crippen LogP contribution < -0.4 is 19.7 Å². The Morgan fingerprint density at radius 3 is 2.20 bits per heavy atom. The first-order valence-electron chi connectivity index (χ1n) is 11.9. The monoisotopic (exact) mass is 586 g/mol. The van der Waals surface area contributed by atoms with E-state index in [1.165, 1.54) is 23.1 Å². The molecule has 212 valence electrons. The molecule has 4 rings (SSSR count). The summed E-state index contributed by atoms with van der Waals surface area (Å²) in [7, 11) is 0. The molecule has 1 aliphatic heterocycles. The van der Waals surface area contributed by atoms with Gasteiger partial charge in [0.05, 0.1) is 23.4 Å². The van der Waals surface area contributed by atoms with E-state index in [4.69, 9.17) is 21.1 Å². The van der Waals surface area contributed by atoms with Gasteiger partial charge in [0.1, 0.15) is 11.5 Å². The fraction of sp³-hybridized carbons (Fsp3) is 0.259. The number of alkyl halides is 6. The minimum absolute atomic E-state index is 0.0455. The number of anilines is 2. The Labute approximate surface area is 229 Å². The Hall–Kier alpha value is -3.93. The number of carbonyl (C=O) groups excluding carboxylic acids is 2. The molecular weight excluding hydrogens is 566 g/mol. The van der Waals surface area contributed by atoms with Crippen LogP contribution in [0.1, 0.15) is 34.3 Å². The van der Waals surface area contributed by atoms with Gasteiger partial charge in [-0.05, 0) is 73.5 Å². The van der Waals surface area contributed by atoms with Crippen molar-refractivity contribution in [3.05, 3.63) is 82.4 Å². The molecule has 0 aromatic heterocycles. The lowest BCUT2D eigenvalue weighted by Crippen LogP contribution is -2.39. The van der Waals surface area contributed by atoms with Gasteiger partial charge in [0.2, 0.25) is 0 Å². The molecule has 0 fully saturated rings. The van der Waals surface area contributed by atoms with E-state index < -0.39 is 35.0 Å². The maximum absolute atomic E-state index is 13.2. The van der Waals surface area contributed by atoms with E-state index in [0.717, 1.165) is 0 Å². The van der Waals surface area contributed by atoms with Gasteiger partial charge < -0.3 is 19.7 Å². The minimum Gasteiger partial charge on any atom is -0.494 e. The van der Waals surface area contributed by atoms with Crippen molar-refractivity contribution in [3.8, 4) is 11.5 Å². The van der Waals surface area contributed by atoms with E-state index in [9.17, 15) is 35.9 Å². The predicted molar refractivity (Wildman–Crippen MR) is 135 cm³/mol. The van der Waals surface area contributed by atoms with Crippen LogP contribution in [0.25, 0.3) is 0 Å². The molecule has 0 radical (unpaired) electrons. The molecule has 40 heavy (non-hydrogen) atoms. The van der Waals surface area contributed by atoms with Crippen molar-refractivity contribution < 1.29 is 45.4 Å². The summed E-state index contributed by atoms with van der Waals surface area (Å²) in [6.07, 6.45) is -9.06. The van der Waals surface area contributed by atoms with Crippen LogP contribution in [-0.2, 0) is 17.1 Å². The number of hydrogen-bond acceptors (Lipinski definition) is 4. The van der Waals surface area contributed by atoms with Gasteiger partial charge in [-0.2, -0.15) is 26.3 Å². The van der Waals surface area contributed by atoms with Crippen LogP contribution in [0.2, 0.25) is 5.02 Å². The largest absolute Gasteiger partial charge is 0.494 e. The summed E-state index contributed by atoms with van der Waals surface area (Å²) < 4.78 is 90.2. The minimum atomic E-state index is -5.10.